The number of fused-ring (bicyclic) bond motifs is 1. The van der Waals surface area contributed by atoms with Gasteiger partial charge in [0.15, 0.2) is 17.4 Å². The van der Waals surface area contributed by atoms with Gasteiger partial charge < -0.3 is 9.64 Å². The van der Waals surface area contributed by atoms with Crippen LogP contribution in [-0.2, 0) is 4.79 Å². The van der Waals surface area contributed by atoms with Gasteiger partial charge in [-0.15, -0.1) is 0 Å². The molecule has 36 heavy (non-hydrogen) atoms. The van der Waals surface area contributed by atoms with Crippen LogP contribution in [0.5, 0.6) is 11.5 Å². The quantitative estimate of drug-likeness (QED) is 0.203. The van der Waals surface area contributed by atoms with E-state index < -0.39 is 29.0 Å². The molecule has 1 aliphatic rings. The first-order chi connectivity index (χ1) is 17.4. The number of pyridine rings is 1. The fourth-order valence-corrected chi connectivity index (χ4v) is 4.45. The molecule has 2 aromatic heterocycles. The van der Waals surface area contributed by atoms with Gasteiger partial charge in [0.2, 0.25) is 11.7 Å². The fraction of sp³-hybridized carbons (Fsp3) is 0.192. The number of rotatable bonds is 5. The first kappa shape index (κ1) is 23.5. The normalized spacial score (nSPS) is 15.8. The molecular weight excluding hydrogens is 476 g/mol. The van der Waals surface area contributed by atoms with Crippen LogP contribution in [0.25, 0.3) is 16.6 Å². The van der Waals surface area contributed by atoms with Crippen LogP contribution < -0.4 is 4.74 Å². The van der Waals surface area contributed by atoms with Crippen LogP contribution in [0.2, 0.25) is 0 Å². The average Bonchev–Trinajstić information content (AvgIpc) is 3.28. The second-order valence-corrected chi connectivity index (χ2v) is 8.44. The number of aromatic nitrogens is 3. The molecule has 0 bridgehead atoms. The van der Waals surface area contributed by atoms with E-state index in [2.05, 4.69) is 16.7 Å². The lowest BCUT2D eigenvalue weighted by atomic mass is 9.93. The van der Waals surface area contributed by atoms with Gasteiger partial charge in [-0.05, 0) is 43.2 Å². The Morgan fingerprint density at radius 3 is 2.61 bits per heavy atom. The Labute approximate surface area is 203 Å². The van der Waals surface area contributed by atoms with Gasteiger partial charge in [0.1, 0.15) is 11.6 Å². The Hall–Kier alpha value is -4.21. The van der Waals surface area contributed by atoms with Gasteiger partial charge in [-0.1, -0.05) is 6.58 Å². The minimum Gasteiger partial charge on any atom is -0.454 e. The number of benzene rings is 2. The molecule has 3 heterocycles. The average molecular weight is 496 g/mol. The number of carbonyl (C=O) groups is 1. The first-order valence-electron chi connectivity index (χ1n) is 11.2. The molecule has 0 spiro atoms. The molecule has 1 aliphatic heterocycles. The number of halogens is 4. The van der Waals surface area contributed by atoms with Crippen LogP contribution in [0.4, 0.5) is 17.6 Å². The van der Waals surface area contributed by atoms with E-state index in [0.29, 0.717) is 41.4 Å². The predicted molar refractivity (Wildman–Crippen MR) is 124 cm³/mol. The molecule has 1 amide bonds. The maximum atomic E-state index is 14.9. The van der Waals surface area contributed by atoms with Crippen molar-refractivity contribution in [1.82, 2.24) is 19.7 Å². The molecule has 5 rings (SSSR count). The van der Waals surface area contributed by atoms with E-state index in [4.69, 9.17) is 4.74 Å². The molecule has 4 aromatic rings. The molecule has 1 saturated heterocycles. The molecule has 0 N–H and O–H groups in total. The number of amides is 1. The number of hydrogen-bond acceptors (Lipinski definition) is 4. The maximum absolute atomic E-state index is 14.9. The van der Waals surface area contributed by atoms with Gasteiger partial charge in [0, 0.05) is 31.1 Å². The Bertz CT molecular complexity index is 1470. The number of ether oxygens (including phenoxy) is 1. The lowest BCUT2D eigenvalue weighted by Crippen LogP contribution is -2.38. The molecule has 10 heteroatoms. The van der Waals surface area contributed by atoms with Gasteiger partial charge in [-0.3, -0.25) is 9.78 Å². The lowest BCUT2D eigenvalue weighted by molar-refractivity contribution is -0.127. The van der Waals surface area contributed by atoms with Crippen LogP contribution in [-0.4, -0.2) is 38.7 Å². The molecule has 0 unspecified atom stereocenters. The Morgan fingerprint density at radius 2 is 1.86 bits per heavy atom. The van der Waals surface area contributed by atoms with E-state index in [0.717, 1.165) is 25.1 Å². The molecule has 6 nitrogen and oxygen atoms in total. The van der Waals surface area contributed by atoms with Crippen LogP contribution in [0.15, 0.2) is 61.4 Å². The fourth-order valence-electron chi connectivity index (χ4n) is 4.45. The van der Waals surface area contributed by atoms with Crippen molar-refractivity contribution in [2.24, 2.45) is 0 Å². The van der Waals surface area contributed by atoms with Crippen molar-refractivity contribution in [1.29, 1.82) is 0 Å². The summed E-state index contributed by atoms with van der Waals surface area (Å²) in [5, 5.41) is 5.01. The minimum absolute atomic E-state index is 0.134. The SMILES string of the molecule is C=CC(=O)N1CCC[C@H](c2nn(-c3ccc(Oc4cc(F)cc(F)c4F)cc3)c3cncc(F)c23)C1. The standard InChI is InChI=1S/C26H20F4N4O2/c1-2-23(35)33-9-3-4-15(14-33)26-24-20(29)12-31-13-21(24)34(32-26)17-5-7-18(8-6-17)36-22-11-16(27)10-19(28)25(22)30/h2,5-8,10-13,15H,1,3-4,9,14H2/t15-/m0/s1. The molecule has 0 radical (unpaired) electrons. The van der Waals surface area contributed by atoms with Crippen molar-refractivity contribution in [3.8, 4) is 17.2 Å². The van der Waals surface area contributed by atoms with Gasteiger partial charge in [0.05, 0.1) is 34.7 Å². The van der Waals surface area contributed by atoms with Crippen LogP contribution in [0.1, 0.15) is 24.5 Å². The number of carbonyl (C=O) groups excluding carboxylic acids is 1. The molecule has 2 aromatic carbocycles. The van der Waals surface area contributed by atoms with E-state index in [9.17, 15) is 22.4 Å². The highest BCUT2D eigenvalue weighted by Gasteiger charge is 2.29. The second kappa shape index (κ2) is 9.44. The second-order valence-electron chi connectivity index (χ2n) is 8.44. The third-order valence-corrected chi connectivity index (χ3v) is 6.13. The highest BCUT2D eigenvalue weighted by molar-refractivity contribution is 5.87. The van der Waals surface area contributed by atoms with Crippen molar-refractivity contribution >= 4 is 16.8 Å². The first-order valence-corrected chi connectivity index (χ1v) is 11.2. The predicted octanol–water partition coefficient (Wildman–Crippen LogP) is 5.66. The monoisotopic (exact) mass is 496 g/mol. The topological polar surface area (TPSA) is 60.2 Å². The van der Waals surface area contributed by atoms with Crippen molar-refractivity contribution < 1.29 is 27.1 Å². The summed E-state index contributed by atoms with van der Waals surface area (Å²) in [4.78, 5) is 17.8. The third-order valence-electron chi connectivity index (χ3n) is 6.13. The van der Waals surface area contributed by atoms with Crippen LogP contribution in [0.3, 0.4) is 0 Å². The van der Waals surface area contributed by atoms with E-state index in [-0.39, 0.29) is 17.6 Å². The van der Waals surface area contributed by atoms with Crippen molar-refractivity contribution in [3.63, 3.8) is 0 Å². The van der Waals surface area contributed by atoms with Crippen LogP contribution in [0, 0.1) is 23.3 Å². The molecular formula is C26H20F4N4O2. The molecule has 0 aliphatic carbocycles. The molecule has 1 fully saturated rings. The smallest absolute Gasteiger partial charge is 0.245 e. The molecule has 184 valence electrons. The maximum Gasteiger partial charge on any atom is 0.245 e. The Balaban J connectivity index is 1.49. The summed E-state index contributed by atoms with van der Waals surface area (Å²) in [7, 11) is 0. The zero-order valence-electron chi connectivity index (χ0n) is 18.9. The summed E-state index contributed by atoms with van der Waals surface area (Å²) in [6.07, 6.45) is 5.36. The van der Waals surface area contributed by atoms with Crippen molar-refractivity contribution in [3.05, 3.63) is 90.4 Å². The molecule has 1 atom stereocenters. The number of hydrogen-bond donors (Lipinski definition) is 0. The van der Waals surface area contributed by atoms with Gasteiger partial charge in [-0.25, -0.2) is 17.9 Å². The minimum atomic E-state index is -1.36. The Kier molecular flexibility index (Phi) is 6.17. The van der Waals surface area contributed by atoms with Gasteiger partial charge >= 0.3 is 0 Å². The number of nitrogens with zero attached hydrogens (tertiary/aromatic N) is 4. The summed E-state index contributed by atoms with van der Waals surface area (Å²) < 4.78 is 62.7. The molecule has 0 saturated carbocycles. The number of piperidine rings is 1. The summed E-state index contributed by atoms with van der Waals surface area (Å²) in [6.45, 7) is 4.53. The third kappa shape index (κ3) is 4.30. The highest BCUT2D eigenvalue weighted by atomic mass is 19.2. The van der Waals surface area contributed by atoms with Gasteiger partial charge in [-0.2, -0.15) is 9.49 Å². The van der Waals surface area contributed by atoms with E-state index in [1.807, 2.05) is 0 Å². The summed E-state index contributed by atoms with van der Waals surface area (Å²) in [5.74, 6) is -4.98. The van der Waals surface area contributed by atoms with Gasteiger partial charge in [0.25, 0.3) is 0 Å². The summed E-state index contributed by atoms with van der Waals surface area (Å²) >= 11 is 0. The zero-order chi connectivity index (χ0) is 25.4. The van der Waals surface area contributed by atoms with Crippen LogP contribution >= 0.6 is 0 Å². The summed E-state index contributed by atoms with van der Waals surface area (Å²) in [5.41, 5.74) is 1.49. The van der Waals surface area contributed by atoms with Crippen molar-refractivity contribution in [2.45, 2.75) is 18.8 Å². The highest BCUT2D eigenvalue weighted by Crippen LogP contribution is 2.34. The largest absolute Gasteiger partial charge is 0.454 e. The van der Waals surface area contributed by atoms with E-state index in [1.54, 1.807) is 17.0 Å². The Morgan fingerprint density at radius 1 is 1.08 bits per heavy atom. The zero-order valence-corrected chi connectivity index (χ0v) is 18.9. The van der Waals surface area contributed by atoms with E-state index >= 15 is 0 Å². The number of likely N-dealkylation sites (tertiary alicyclic amines) is 1. The lowest BCUT2D eigenvalue weighted by Gasteiger charge is -2.31. The summed E-state index contributed by atoms with van der Waals surface area (Å²) in [6, 6.07) is 7.32. The van der Waals surface area contributed by atoms with E-state index in [1.165, 1.54) is 29.1 Å². The van der Waals surface area contributed by atoms with Crippen molar-refractivity contribution in [2.75, 3.05) is 13.1 Å².